The summed E-state index contributed by atoms with van der Waals surface area (Å²) in [5, 5.41) is 4.23. The fourth-order valence-corrected chi connectivity index (χ4v) is 2.14. The molecule has 0 bridgehead atoms. The minimum absolute atomic E-state index is 0.174. The molecule has 1 aromatic heterocycles. The highest BCUT2D eigenvalue weighted by molar-refractivity contribution is 7.12. The fourth-order valence-electron chi connectivity index (χ4n) is 1.52. The predicted octanol–water partition coefficient (Wildman–Crippen LogP) is 4.33. The normalized spacial score (nSPS) is 11.4. The molecule has 2 aromatic rings. The highest BCUT2D eigenvalue weighted by atomic mass is 32.1. The first-order valence-electron chi connectivity index (χ1n) is 5.40. The highest BCUT2D eigenvalue weighted by Gasteiger charge is 2.30. The molecule has 0 fully saturated rings. The number of amides is 1. The summed E-state index contributed by atoms with van der Waals surface area (Å²) >= 11 is 1.23. The van der Waals surface area contributed by atoms with Gasteiger partial charge in [-0.25, -0.2) is 0 Å². The van der Waals surface area contributed by atoms with Crippen molar-refractivity contribution in [1.29, 1.82) is 0 Å². The van der Waals surface area contributed by atoms with E-state index in [-0.39, 0.29) is 5.69 Å². The second-order valence-corrected chi connectivity index (χ2v) is 4.91. The molecular weight excluding hydrogens is 275 g/mol. The van der Waals surface area contributed by atoms with Crippen LogP contribution in [0.15, 0.2) is 35.7 Å². The number of anilines is 1. The third kappa shape index (κ3) is 3.14. The molecule has 2 rings (SSSR count). The van der Waals surface area contributed by atoms with Crippen molar-refractivity contribution < 1.29 is 18.0 Å². The van der Waals surface area contributed by atoms with Crippen molar-refractivity contribution in [3.05, 3.63) is 51.7 Å². The van der Waals surface area contributed by atoms with Crippen LogP contribution in [-0.2, 0) is 6.18 Å². The van der Waals surface area contributed by atoms with Gasteiger partial charge in [0.05, 0.1) is 10.4 Å². The van der Waals surface area contributed by atoms with Crippen molar-refractivity contribution in [2.45, 2.75) is 13.1 Å². The minimum atomic E-state index is -4.42. The van der Waals surface area contributed by atoms with Crippen LogP contribution in [0.2, 0.25) is 0 Å². The number of thiophene rings is 1. The lowest BCUT2D eigenvalue weighted by Gasteiger charge is -2.12. The Labute approximate surface area is 111 Å². The number of hydrogen-bond acceptors (Lipinski definition) is 2. The van der Waals surface area contributed by atoms with E-state index in [1.165, 1.54) is 17.4 Å². The van der Waals surface area contributed by atoms with Gasteiger partial charge in [0, 0.05) is 5.69 Å². The molecule has 1 N–H and O–H groups in total. The molecule has 6 heteroatoms. The second kappa shape index (κ2) is 5.05. The van der Waals surface area contributed by atoms with Crippen molar-refractivity contribution in [1.82, 2.24) is 0 Å². The molecule has 0 atom stereocenters. The van der Waals surface area contributed by atoms with E-state index in [1.807, 2.05) is 0 Å². The third-order valence-corrected chi connectivity index (χ3v) is 3.43. The number of hydrogen-bond donors (Lipinski definition) is 1. The minimum Gasteiger partial charge on any atom is -0.321 e. The maximum absolute atomic E-state index is 12.6. The summed E-state index contributed by atoms with van der Waals surface area (Å²) in [6.45, 7) is 1.64. The van der Waals surface area contributed by atoms with Crippen LogP contribution in [-0.4, -0.2) is 5.91 Å². The second-order valence-electron chi connectivity index (χ2n) is 3.96. The van der Waals surface area contributed by atoms with Crippen LogP contribution in [0, 0.1) is 6.92 Å². The molecule has 100 valence electrons. The van der Waals surface area contributed by atoms with Gasteiger partial charge < -0.3 is 5.32 Å². The lowest BCUT2D eigenvalue weighted by atomic mass is 10.1. The van der Waals surface area contributed by atoms with Gasteiger partial charge in [0.1, 0.15) is 0 Å². The van der Waals surface area contributed by atoms with Gasteiger partial charge in [0.15, 0.2) is 0 Å². The number of halogens is 3. The Bertz CT molecular complexity index is 590. The zero-order valence-corrected chi connectivity index (χ0v) is 10.7. The molecule has 0 radical (unpaired) electrons. The summed E-state index contributed by atoms with van der Waals surface area (Å²) in [4.78, 5) is 12.3. The molecule has 2 nitrogen and oxygen atoms in total. The summed E-state index contributed by atoms with van der Waals surface area (Å²) in [6.07, 6.45) is -4.42. The van der Waals surface area contributed by atoms with Crippen LogP contribution >= 0.6 is 11.3 Å². The van der Waals surface area contributed by atoms with Gasteiger partial charge in [0.2, 0.25) is 0 Å². The fraction of sp³-hybridized carbons (Fsp3) is 0.154. The zero-order chi connectivity index (χ0) is 14.0. The summed E-state index contributed by atoms with van der Waals surface area (Å²) in [7, 11) is 0. The molecule has 0 aliphatic rings. The monoisotopic (exact) mass is 285 g/mol. The maximum Gasteiger partial charge on any atom is 0.416 e. The van der Waals surface area contributed by atoms with Gasteiger partial charge in [-0.2, -0.15) is 13.2 Å². The summed E-state index contributed by atoms with van der Waals surface area (Å²) in [5.41, 5.74) is -0.0225. The Morgan fingerprint density at radius 2 is 2.00 bits per heavy atom. The number of benzene rings is 1. The number of alkyl halides is 3. The zero-order valence-electron chi connectivity index (χ0n) is 9.91. The molecule has 19 heavy (non-hydrogen) atoms. The van der Waals surface area contributed by atoms with Gasteiger partial charge in [-0.3, -0.25) is 4.79 Å². The van der Waals surface area contributed by atoms with Gasteiger partial charge in [-0.15, -0.1) is 11.3 Å². The quantitative estimate of drug-likeness (QED) is 0.874. The molecule has 0 unspecified atom stereocenters. The number of rotatable bonds is 2. The number of carbonyl (C=O) groups excluding carboxylic acids is 1. The Hall–Kier alpha value is -1.82. The first-order chi connectivity index (χ1) is 8.88. The van der Waals surface area contributed by atoms with Crippen LogP contribution in [0.4, 0.5) is 18.9 Å². The van der Waals surface area contributed by atoms with Crippen LogP contribution in [0.3, 0.4) is 0 Å². The summed E-state index contributed by atoms with van der Waals surface area (Å²) in [5.74, 6) is -0.405. The summed E-state index contributed by atoms with van der Waals surface area (Å²) < 4.78 is 37.8. The van der Waals surface area contributed by atoms with E-state index in [1.54, 1.807) is 24.4 Å². The number of aryl methyl sites for hydroxylation is 1. The van der Waals surface area contributed by atoms with Gasteiger partial charge in [0.25, 0.3) is 5.91 Å². The molecule has 0 aliphatic carbocycles. The van der Waals surface area contributed by atoms with Gasteiger partial charge >= 0.3 is 6.18 Å². The SMILES string of the molecule is Cc1ccc(C(F)(F)F)cc1NC(=O)c1cccs1. The Morgan fingerprint density at radius 3 is 2.58 bits per heavy atom. The predicted molar refractivity (Wildman–Crippen MR) is 68.5 cm³/mol. The standard InChI is InChI=1S/C13H10F3NOS/c1-8-4-5-9(13(14,15)16)7-10(8)17-12(18)11-3-2-6-19-11/h2-7H,1H3,(H,17,18). The molecule has 0 saturated carbocycles. The first-order valence-corrected chi connectivity index (χ1v) is 6.28. The van der Waals surface area contributed by atoms with Gasteiger partial charge in [-0.05, 0) is 36.1 Å². The average Bonchev–Trinajstić information content (AvgIpc) is 2.84. The first kappa shape index (κ1) is 13.6. The van der Waals surface area contributed by atoms with E-state index < -0.39 is 17.6 Å². The van der Waals surface area contributed by atoms with Crippen molar-refractivity contribution in [2.24, 2.45) is 0 Å². The molecule has 0 aliphatic heterocycles. The van der Waals surface area contributed by atoms with Crippen molar-refractivity contribution >= 4 is 22.9 Å². The van der Waals surface area contributed by atoms with Crippen molar-refractivity contribution in [3.63, 3.8) is 0 Å². The van der Waals surface area contributed by atoms with E-state index >= 15 is 0 Å². The van der Waals surface area contributed by atoms with E-state index in [0.717, 1.165) is 12.1 Å². The average molecular weight is 285 g/mol. The smallest absolute Gasteiger partial charge is 0.321 e. The molecule has 0 spiro atoms. The largest absolute Gasteiger partial charge is 0.416 e. The van der Waals surface area contributed by atoms with Crippen LogP contribution < -0.4 is 5.32 Å². The van der Waals surface area contributed by atoms with Crippen LogP contribution in [0.25, 0.3) is 0 Å². The Balaban J connectivity index is 2.27. The molecule has 1 aromatic carbocycles. The molecular formula is C13H10F3NOS. The maximum atomic E-state index is 12.6. The molecule has 1 amide bonds. The molecule has 1 heterocycles. The van der Waals surface area contributed by atoms with E-state index in [4.69, 9.17) is 0 Å². The van der Waals surface area contributed by atoms with Crippen molar-refractivity contribution in [3.8, 4) is 0 Å². The highest BCUT2D eigenvalue weighted by Crippen LogP contribution is 2.32. The summed E-state index contributed by atoms with van der Waals surface area (Å²) in [6, 6.07) is 6.60. The number of carbonyl (C=O) groups is 1. The van der Waals surface area contributed by atoms with Crippen LogP contribution in [0.5, 0.6) is 0 Å². The molecule has 0 saturated heterocycles. The van der Waals surface area contributed by atoms with Crippen LogP contribution in [0.1, 0.15) is 20.8 Å². The van der Waals surface area contributed by atoms with E-state index in [0.29, 0.717) is 10.4 Å². The third-order valence-electron chi connectivity index (χ3n) is 2.56. The van der Waals surface area contributed by atoms with Crippen molar-refractivity contribution in [2.75, 3.05) is 5.32 Å². The van der Waals surface area contributed by atoms with E-state index in [2.05, 4.69) is 5.32 Å². The lowest BCUT2D eigenvalue weighted by Crippen LogP contribution is -2.13. The topological polar surface area (TPSA) is 29.1 Å². The van der Waals surface area contributed by atoms with E-state index in [9.17, 15) is 18.0 Å². The van der Waals surface area contributed by atoms with Gasteiger partial charge in [-0.1, -0.05) is 12.1 Å². The number of nitrogens with one attached hydrogen (secondary N) is 1. The Kier molecular flexibility index (Phi) is 3.61. The lowest BCUT2D eigenvalue weighted by molar-refractivity contribution is -0.137. The Morgan fingerprint density at radius 1 is 1.26 bits per heavy atom.